The molecule has 0 saturated carbocycles. The zero-order valence-corrected chi connectivity index (χ0v) is 18.6. The summed E-state index contributed by atoms with van der Waals surface area (Å²) in [5, 5.41) is 9.18. The van der Waals surface area contributed by atoms with E-state index >= 15 is 0 Å². The second-order valence-electron chi connectivity index (χ2n) is 7.78. The lowest BCUT2D eigenvalue weighted by molar-refractivity contribution is 0.313. The van der Waals surface area contributed by atoms with Gasteiger partial charge in [0.2, 0.25) is 0 Å². The SMILES string of the molecule is Cc1nc(NCCCOc2ccccc2C)cc([C@H](C)n2ncc3ccccc3c2=O)n1. The first kappa shape index (κ1) is 21.5. The summed E-state index contributed by atoms with van der Waals surface area (Å²) in [6.45, 7) is 7.13. The minimum absolute atomic E-state index is 0.130. The minimum Gasteiger partial charge on any atom is -0.493 e. The molecule has 0 aliphatic heterocycles. The molecule has 7 heteroatoms. The Labute approximate surface area is 187 Å². The van der Waals surface area contributed by atoms with Gasteiger partial charge in [0.15, 0.2) is 0 Å². The molecule has 1 atom stereocenters. The van der Waals surface area contributed by atoms with E-state index in [0.717, 1.165) is 34.6 Å². The van der Waals surface area contributed by atoms with Crippen LogP contribution in [0.5, 0.6) is 5.75 Å². The summed E-state index contributed by atoms with van der Waals surface area (Å²) in [6.07, 6.45) is 2.54. The van der Waals surface area contributed by atoms with Gasteiger partial charge in [0.05, 0.1) is 29.9 Å². The highest BCUT2D eigenvalue weighted by molar-refractivity contribution is 5.80. The predicted molar refractivity (Wildman–Crippen MR) is 126 cm³/mol. The highest BCUT2D eigenvalue weighted by Gasteiger charge is 2.16. The van der Waals surface area contributed by atoms with Crippen molar-refractivity contribution in [1.82, 2.24) is 19.7 Å². The van der Waals surface area contributed by atoms with E-state index in [9.17, 15) is 4.79 Å². The molecule has 2 heterocycles. The van der Waals surface area contributed by atoms with Crippen LogP contribution in [-0.4, -0.2) is 32.9 Å². The van der Waals surface area contributed by atoms with Crippen molar-refractivity contribution < 1.29 is 4.74 Å². The highest BCUT2D eigenvalue weighted by atomic mass is 16.5. The fourth-order valence-corrected chi connectivity index (χ4v) is 3.59. The molecule has 1 N–H and O–H groups in total. The van der Waals surface area contributed by atoms with Crippen LogP contribution in [0.25, 0.3) is 10.8 Å². The standard InChI is InChI=1S/C25H27N5O2/c1-17-9-4-7-12-23(17)32-14-8-13-26-24-15-22(28-19(3)29-24)18(2)30-25(31)21-11-6-5-10-20(21)16-27-30/h4-7,9-12,15-16,18H,8,13-14H2,1-3H3,(H,26,28,29)/t18-/m0/s1. The van der Waals surface area contributed by atoms with Gasteiger partial charge in [-0.15, -0.1) is 0 Å². The summed E-state index contributed by atoms with van der Waals surface area (Å²) in [6, 6.07) is 17.0. The molecule has 0 amide bonds. The van der Waals surface area contributed by atoms with Crippen molar-refractivity contribution >= 4 is 16.6 Å². The van der Waals surface area contributed by atoms with Crippen molar-refractivity contribution in [3.05, 3.63) is 88.2 Å². The Morgan fingerprint density at radius 3 is 2.69 bits per heavy atom. The Morgan fingerprint density at radius 1 is 1.06 bits per heavy atom. The average molecular weight is 430 g/mol. The first-order valence-electron chi connectivity index (χ1n) is 10.8. The van der Waals surface area contributed by atoms with E-state index < -0.39 is 0 Å². The maximum Gasteiger partial charge on any atom is 0.275 e. The average Bonchev–Trinajstić information content (AvgIpc) is 2.80. The predicted octanol–water partition coefficient (Wildman–Crippen LogP) is 4.29. The Morgan fingerprint density at radius 2 is 1.84 bits per heavy atom. The van der Waals surface area contributed by atoms with Crippen molar-refractivity contribution in [2.45, 2.75) is 33.2 Å². The van der Waals surface area contributed by atoms with Gasteiger partial charge in [-0.1, -0.05) is 36.4 Å². The summed E-state index contributed by atoms with van der Waals surface area (Å²) in [4.78, 5) is 22.0. The number of nitrogens with zero attached hydrogens (tertiary/aromatic N) is 4. The van der Waals surface area contributed by atoms with Crippen molar-refractivity contribution in [1.29, 1.82) is 0 Å². The van der Waals surface area contributed by atoms with Crippen LogP contribution < -0.4 is 15.6 Å². The lowest BCUT2D eigenvalue weighted by atomic mass is 10.2. The molecule has 0 unspecified atom stereocenters. The number of hydrogen-bond donors (Lipinski definition) is 1. The number of aryl methyl sites for hydroxylation is 2. The second-order valence-corrected chi connectivity index (χ2v) is 7.78. The molecular formula is C25H27N5O2. The number of benzene rings is 2. The van der Waals surface area contributed by atoms with Crippen molar-refractivity contribution in [3.63, 3.8) is 0 Å². The Balaban J connectivity index is 1.43. The maximum absolute atomic E-state index is 12.9. The summed E-state index contributed by atoms with van der Waals surface area (Å²) in [5.41, 5.74) is 1.74. The molecular weight excluding hydrogens is 402 g/mol. The molecule has 2 aromatic carbocycles. The van der Waals surface area contributed by atoms with Crippen LogP contribution >= 0.6 is 0 Å². The van der Waals surface area contributed by atoms with Crippen LogP contribution in [0.2, 0.25) is 0 Å². The van der Waals surface area contributed by atoms with Crippen LogP contribution in [0.4, 0.5) is 5.82 Å². The van der Waals surface area contributed by atoms with E-state index in [1.165, 1.54) is 4.68 Å². The molecule has 2 aromatic heterocycles. The van der Waals surface area contributed by atoms with Gasteiger partial charge >= 0.3 is 0 Å². The number of fused-ring (bicyclic) bond motifs is 1. The molecule has 0 fully saturated rings. The number of rotatable bonds is 8. The van der Waals surface area contributed by atoms with Crippen molar-refractivity contribution in [3.8, 4) is 5.75 Å². The molecule has 0 radical (unpaired) electrons. The molecule has 32 heavy (non-hydrogen) atoms. The van der Waals surface area contributed by atoms with Gasteiger partial charge in [-0.2, -0.15) is 5.10 Å². The third kappa shape index (κ3) is 4.77. The first-order chi connectivity index (χ1) is 15.5. The highest BCUT2D eigenvalue weighted by Crippen LogP contribution is 2.19. The summed E-state index contributed by atoms with van der Waals surface area (Å²) in [7, 11) is 0. The zero-order valence-electron chi connectivity index (χ0n) is 18.6. The number of hydrogen-bond acceptors (Lipinski definition) is 6. The minimum atomic E-state index is -0.321. The number of aromatic nitrogens is 4. The molecule has 7 nitrogen and oxygen atoms in total. The van der Waals surface area contributed by atoms with E-state index in [-0.39, 0.29) is 11.6 Å². The van der Waals surface area contributed by atoms with E-state index in [1.807, 2.05) is 75.4 Å². The Bertz CT molecular complexity index is 1280. The van der Waals surface area contributed by atoms with Crippen LogP contribution in [0.3, 0.4) is 0 Å². The second kappa shape index (κ2) is 9.60. The molecule has 4 rings (SSSR count). The van der Waals surface area contributed by atoms with Crippen LogP contribution in [-0.2, 0) is 0 Å². The van der Waals surface area contributed by atoms with Crippen LogP contribution in [0.15, 0.2) is 65.6 Å². The molecule has 164 valence electrons. The quantitative estimate of drug-likeness (QED) is 0.421. The topological polar surface area (TPSA) is 81.9 Å². The monoisotopic (exact) mass is 429 g/mol. The van der Waals surface area contributed by atoms with E-state index in [0.29, 0.717) is 24.4 Å². The third-order valence-electron chi connectivity index (χ3n) is 5.35. The summed E-state index contributed by atoms with van der Waals surface area (Å²) in [5.74, 6) is 2.28. The van der Waals surface area contributed by atoms with Crippen LogP contribution in [0.1, 0.15) is 36.5 Å². The molecule has 0 aliphatic rings. The van der Waals surface area contributed by atoms with E-state index in [4.69, 9.17) is 4.74 Å². The molecule has 0 spiro atoms. The van der Waals surface area contributed by atoms with Crippen molar-refractivity contribution in [2.24, 2.45) is 0 Å². The summed E-state index contributed by atoms with van der Waals surface area (Å²) >= 11 is 0. The van der Waals surface area contributed by atoms with Crippen molar-refractivity contribution in [2.75, 3.05) is 18.5 Å². The number of ether oxygens (including phenoxy) is 1. The molecule has 0 saturated heterocycles. The Kier molecular flexibility index (Phi) is 6.44. The lowest BCUT2D eigenvalue weighted by Crippen LogP contribution is -2.27. The van der Waals surface area contributed by atoms with Gasteiger partial charge in [0.25, 0.3) is 5.56 Å². The number of anilines is 1. The zero-order chi connectivity index (χ0) is 22.5. The Hall–Kier alpha value is -3.74. The van der Waals surface area contributed by atoms with Gasteiger partial charge in [-0.25, -0.2) is 14.6 Å². The fraction of sp³-hybridized carbons (Fsp3) is 0.280. The van der Waals surface area contributed by atoms with Gasteiger partial charge in [0.1, 0.15) is 17.4 Å². The molecule has 4 aromatic rings. The van der Waals surface area contributed by atoms with Gasteiger partial charge in [0, 0.05) is 18.0 Å². The fourth-order valence-electron chi connectivity index (χ4n) is 3.59. The maximum atomic E-state index is 12.9. The van der Waals surface area contributed by atoms with E-state index in [2.05, 4.69) is 20.4 Å². The largest absolute Gasteiger partial charge is 0.493 e. The van der Waals surface area contributed by atoms with Crippen LogP contribution in [0, 0.1) is 13.8 Å². The lowest BCUT2D eigenvalue weighted by Gasteiger charge is -2.16. The van der Waals surface area contributed by atoms with E-state index in [1.54, 1.807) is 6.20 Å². The van der Waals surface area contributed by atoms with Gasteiger partial charge in [-0.3, -0.25) is 4.79 Å². The normalized spacial score (nSPS) is 12.0. The first-order valence-corrected chi connectivity index (χ1v) is 10.8. The van der Waals surface area contributed by atoms with Gasteiger partial charge in [-0.05, 0) is 44.9 Å². The summed E-state index contributed by atoms with van der Waals surface area (Å²) < 4.78 is 7.32. The molecule has 0 bridgehead atoms. The third-order valence-corrected chi connectivity index (χ3v) is 5.35. The number of nitrogens with one attached hydrogen (secondary N) is 1. The smallest absolute Gasteiger partial charge is 0.275 e. The van der Waals surface area contributed by atoms with Gasteiger partial charge < -0.3 is 10.1 Å². The number of para-hydroxylation sites is 1. The molecule has 0 aliphatic carbocycles.